The number of hydrogen-bond acceptors (Lipinski definition) is 4. The molecule has 1 aromatic heterocycles. The zero-order valence-corrected chi connectivity index (χ0v) is 18.9. The third-order valence-corrected chi connectivity index (χ3v) is 5.62. The number of para-hydroxylation sites is 1. The number of rotatable bonds is 8. The van der Waals surface area contributed by atoms with Crippen molar-refractivity contribution >= 4 is 33.9 Å². The van der Waals surface area contributed by atoms with Crippen molar-refractivity contribution in [1.82, 2.24) is 9.88 Å². The molecule has 4 aromatic rings. The van der Waals surface area contributed by atoms with Gasteiger partial charge in [-0.3, -0.25) is 9.69 Å². The maximum Gasteiger partial charge on any atom is 0.238 e. The van der Waals surface area contributed by atoms with Gasteiger partial charge in [0.05, 0.1) is 23.5 Å². The number of aliphatic imine (C=N–C) groups is 1. The highest BCUT2D eigenvalue weighted by molar-refractivity contribution is 6.21. The van der Waals surface area contributed by atoms with Crippen LogP contribution < -0.4 is 5.32 Å². The minimum absolute atomic E-state index is 0.0383. The Morgan fingerprint density at radius 1 is 0.939 bits per heavy atom. The van der Waals surface area contributed by atoms with Gasteiger partial charge in [-0.1, -0.05) is 62.4 Å². The van der Waals surface area contributed by atoms with Crippen LogP contribution in [0.15, 0.2) is 83.9 Å². The molecule has 0 saturated heterocycles. The predicted octanol–water partition coefficient (Wildman–Crippen LogP) is 5.32. The fourth-order valence-corrected chi connectivity index (χ4v) is 3.83. The maximum atomic E-state index is 12.3. The molecule has 0 fully saturated rings. The average molecular weight is 441 g/mol. The van der Waals surface area contributed by atoms with Gasteiger partial charge in [-0.2, -0.15) is 0 Å². The molecule has 0 bridgehead atoms. The standard InChI is InChI=1S/C27H28N4O2/c1-3-31(4-2)18-24(32)28-20-14-16-21(17-15-20)29-26(19-10-6-5-7-11-19)25-22-12-8-9-13-23(22)30-27(25)33/h5-17,30,33H,3-4,18H2,1-2H3,(H,28,32). The molecule has 0 aliphatic heterocycles. The number of aromatic nitrogens is 1. The van der Waals surface area contributed by atoms with E-state index in [9.17, 15) is 9.90 Å². The topological polar surface area (TPSA) is 80.7 Å². The van der Waals surface area contributed by atoms with Crippen LogP contribution in [0.1, 0.15) is 25.0 Å². The quantitative estimate of drug-likeness (QED) is 0.324. The fraction of sp³-hybridized carbons (Fsp3) is 0.185. The number of likely N-dealkylation sites (N-methyl/N-ethyl adjacent to an activating group) is 1. The number of H-pyrrole nitrogens is 1. The van der Waals surface area contributed by atoms with Crippen LogP contribution in [-0.4, -0.2) is 46.2 Å². The molecule has 0 saturated carbocycles. The second-order valence-corrected chi connectivity index (χ2v) is 7.78. The summed E-state index contributed by atoms with van der Waals surface area (Å²) in [4.78, 5) is 22.3. The van der Waals surface area contributed by atoms with Gasteiger partial charge < -0.3 is 15.4 Å². The first kappa shape index (κ1) is 22.3. The number of fused-ring (bicyclic) bond motifs is 1. The summed E-state index contributed by atoms with van der Waals surface area (Å²) in [6.45, 7) is 6.12. The first-order valence-electron chi connectivity index (χ1n) is 11.2. The number of aromatic hydroxyl groups is 1. The van der Waals surface area contributed by atoms with Gasteiger partial charge in [0.2, 0.25) is 5.91 Å². The Hall–Kier alpha value is -3.90. The fourth-order valence-electron chi connectivity index (χ4n) is 3.83. The smallest absolute Gasteiger partial charge is 0.238 e. The Labute approximate surface area is 193 Å². The van der Waals surface area contributed by atoms with Crippen molar-refractivity contribution in [1.29, 1.82) is 0 Å². The molecule has 168 valence electrons. The van der Waals surface area contributed by atoms with Crippen molar-refractivity contribution in [3.05, 3.63) is 90.0 Å². The van der Waals surface area contributed by atoms with Crippen molar-refractivity contribution in [3.63, 3.8) is 0 Å². The Morgan fingerprint density at radius 3 is 2.30 bits per heavy atom. The minimum Gasteiger partial charge on any atom is -0.494 e. The van der Waals surface area contributed by atoms with Crippen molar-refractivity contribution in [3.8, 4) is 5.88 Å². The van der Waals surface area contributed by atoms with E-state index in [1.165, 1.54) is 0 Å². The molecule has 6 heteroatoms. The Morgan fingerprint density at radius 2 is 1.61 bits per heavy atom. The number of nitrogens with zero attached hydrogens (tertiary/aromatic N) is 2. The molecule has 3 N–H and O–H groups in total. The number of nitrogens with one attached hydrogen (secondary N) is 2. The number of carbonyl (C=O) groups is 1. The van der Waals surface area contributed by atoms with Gasteiger partial charge in [0.15, 0.2) is 5.88 Å². The van der Waals surface area contributed by atoms with E-state index in [-0.39, 0.29) is 11.8 Å². The number of aromatic amines is 1. The lowest BCUT2D eigenvalue weighted by atomic mass is 10.0. The largest absolute Gasteiger partial charge is 0.494 e. The van der Waals surface area contributed by atoms with E-state index >= 15 is 0 Å². The summed E-state index contributed by atoms with van der Waals surface area (Å²) in [5.74, 6) is 0.0442. The second kappa shape index (κ2) is 10.1. The molecule has 6 nitrogen and oxygen atoms in total. The third-order valence-electron chi connectivity index (χ3n) is 5.62. The zero-order chi connectivity index (χ0) is 23.2. The average Bonchev–Trinajstić information content (AvgIpc) is 3.18. The number of amides is 1. The van der Waals surface area contributed by atoms with Crippen LogP contribution >= 0.6 is 0 Å². The van der Waals surface area contributed by atoms with Crippen molar-refractivity contribution in [2.24, 2.45) is 4.99 Å². The molecular weight excluding hydrogens is 412 g/mol. The van der Waals surface area contributed by atoms with E-state index in [0.29, 0.717) is 17.8 Å². The molecular formula is C27H28N4O2. The van der Waals surface area contributed by atoms with E-state index in [1.54, 1.807) is 0 Å². The third kappa shape index (κ3) is 5.13. The van der Waals surface area contributed by atoms with E-state index in [0.717, 1.165) is 40.9 Å². The maximum absolute atomic E-state index is 12.3. The normalized spacial score (nSPS) is 11.8. The van der Waals surface area contributed by atoms with Gasteiger partial charge in [-0.15, -0.1) is 0 Å². The molecule has 33 heavy (non-hydrogen) atoms. The lowest BCUT2D eigenvalue weighted by molar-refractivity contribution is -0.117. The van der Waals surface area contributed by atoms with Gasteiger partial charge in [0.1, 0.15) is 0 Å². The lowest BCUT2D eigenvalue weighted by Gasteiger charge is -2.17. The number of benzene rings is 3. The zero-order valence-electron chi connectivity index (χ0n) is 18.9. The molecule has 4 rings (SSSR count). The van der Waals surface area contributed by atoms with Crippen molar-refractivity contribution in [2.75, 3.05) is 25.0 Å². The highest BCUT2D eigenvalue weighted by atomic mass is 16.3. The van der Waals surface area contributed by atoms with Crippen LogP contribution in [0.25, 0.3) is 10.9 Å². The van der Waals surface area contributed by atoms with Crippen LogP contribution in [0.5, 0.6) is 5.88 Å². The van der Waals surface area contributed by atoms with Crippen LogP contribution in [-0.2, 0) is 4.79 Å². The molecule has 0 aliphatic rings. The summed E-state index contributed by atoms with van der Waals surface area (Å²) in [6.07, 6.45) is 0. The number of anilines is 1. The molecule has 3 aromatic carbocycles. The summed E-state index contributed by atoms with van der Waals surface area (Å²) < 4.78 is 0. The summed E-state index contributed by atoms with van der Waals surface area (Å²) >= 11 is 0. The summed E-state index contributed by atoms with van der Waals surface area (Å²) in [5.41, 5.74) is 4.52. The summed E-state index contributed by atoms with van der Waals surface area (Å²) in [7, 11) is 0. The first-order valence-corrected chi connectivity index (χ1v) is 11.2. The molecule has 1 amide bonds. The molecule has 1 heterocycles. The van der Waals surface area contributed by atoms with Gasteiger partial charge in [0.25, 0.3) is 0 Å². The lowest BCUT2D eigenvalue weighted by Crippen LogP contribution is -2.32. The molecule has 0 unspecified atom stereocenters. The summed E-state index contributed by atoms with van der Waals surface area (Å²) in [5, 5.41) is 14.6. The van der Waals surface area contributed by atoms with Gasteiger partial charge in [0, 0.05) is 22.2 Å². The monoisotopic (exact) mass is 440 g/mol. The Bertz CT molecular complexity index is 1260. The van der Waals surface area contributed by atoms with Crippen molar-refractivity contribution < 1.29 is 9.90 Å². The Kier molecular flexibility index (Phi) is 6.86. The molecule has 0 atom stereocenters. The van der Waals surface area contributed by atoms with E-state index in [2.05, 4.69) is 15.2 Å². The van der Waals surface area contributed by atoms with Crippen LogP contribution in [0.2, 0.25) is 0 Å². The molecule has 0 aliphatic carbocycles. The van der Waals surface area contributed by atoms with E-state index in [1.807, 2.05) is 92.7 Å². The first-order chi connectivity index (χ1) is 16.1. The van der Waals surface area contributed by atoms with E-state index < -0.39 is 0 Å². The predicted molar refractivity (Wildman–Crippen MR) is 135 cm³/mol. The minimum atomic E-state index is -0.0383. The van der Waals surface area contributed by atoms with Crippen LogP contribution in [0, 0.1) is 0 Å². The molecule has 0 spiro atoms. The second-order valence-electron chi connectivity index (χ2n) is 7.78. The Balaban J connectivity index is 1.66. The molecule has 0 radical (unpaired) electrons. The van der Waals surface area contributed by atoms with Gasteiger partial charge in [-0.05, 0) is 43.4 Å². The van der Waals surface area contributed by atoms with Crippen LogP contribution in [0.3, 0.4) is 0 Å². The number of carbonyl (C=O) groups excluding carboxylic acids is 1. The van der Waals surface area contributed by atoms with Gasteiger partial charge in [-0.25, -0.2) is 4.99 Å². The SMILES string of the molecule is CCN(CC)CC(=O)Nc1ccc(N=C(c2ccccc2)c2c(O)[nH]c3ccccc23)cc1. The van der Waals surface area contributed by atoms with Crippen LogP contribution in [0.4, 0.5) is 11.4 Å². The highest BCUT2D eigenvalue weighted by Gasteiger charge is 2.18. The van der Waals surface area contributed by atoms with E-state index in [4.69, 9.17) is 4.99 Å². The summed E-state index contributed by atoms with van der Waals surface area (Å²) in [6, 6.07) is 25.0. The van der Waals surface area contributed by atoms with Gasteiger partial charge >= 0.3 is 0 Å². The van der Waals surface area contributed by atoms with Crippen molar-refractivity contribution in [2.45, 2.75) is 13.8 Å². The number of hydrogen-bond donors (Lipinski definition) is 3. The highest BCUT2D eigenvalue weighted by Crippen LogP contribution is 2.31.